The van der Waals surface area contributed by atoms with Crippen molar-refractivity contribution in [1.82, 2.24) is 10.3 Å². The average Bonchev–Trinajstić information content (AvgIpc) is 2.78. The highest BCUT2D eigenvalue weighted by molar-refractivity contribution is 7.99. The van der Waals surface area contributed by atoms with Crippen molar-refractivity contribution in [3.8, 4) is 5.88 Å². The van der Waals surface area contributed by atoms with E-state index >= 15 is 0 Å². The van der Waals surface area contributed by atoms with Crippen LogP contribution in [0.4, 0.5) is 0 Å². The van der Waals surface area contributed by atoms with E-state index < -0.39 is 12.0 Å². The Morgan fingerprint density at radius 2 is 2.50 bits per heavy atom. The lowest BCUT2D eigenvalue weighted by molar-refractivity contribution is -0.138. The van der Waals surface area contributed by atoms with Gasteiger partial charge in [-0.2, -0.15) is 0 Å². The summed E-state index contributed by atoms with van der Waals surface area (Å²) in [6.45, 7) is 0. The first kappa shape index (κ1) is 11.2. The highest BCUT2D eigenvalue weighted by Crippen LogP contribution is 2.32. The Morgan fingerprint density at radius 3 is 3.12 bits per heavy atom. The largest absolute Gasteiger partial charge is 0.481 e. The van der Waals surface area contributed by atoms with Crippen molar-refractivity contribution >= 4 is 17.7 Å². The van der Waals surface area contributed by atoms with Crippen LogP contribution < -0.4 is 10.1 Å². The second kappa shape index (κ2) is 4.71. The van der Waals surface area contributed by atoms with Crippen molar-refractivity contribution in [2.45, 2.75) is 11.4 Å². The molecule has 0 bridgehead atoms. The number of rotatable bonds is 3. The number of methoxy groups -OCH3 is 1. The molecule has 1 aliphatic heterocycles. The van der Waals surface area contributed by atoms with Crippen LogP contribution in [0.15, 0.2) is 18.2 Å². The van der Waals surface area contributed by atoms with Crippen molar-refractivity contribution in [3.63, 3.8) is 0 Å². The molecule has 6 heteroatoms. The van der Waals surface area contributed by atoms with Gasteiger partial charge in [0, 0.05) is 11.8 Å². The number of hydrogen-bond donors (Lipinski definition) is 2. The van der Waals surface area contributed by atoms with Gasteiger partial charge < -0.3 is 9.84 Å². The fourth-order valence-corrected chi connectivity index (χ4v) is 2.66. The predicted octanol–water partition coefficient (Wildman–Crippen LogP) is 0.878. The number of nitrogens with one attached hydrogen (secondary N) is 1. The summed E-state index contributed by atoms with van der Waals surface area (Å²) in [4.78, 5) is 15.0. The quantitative estimate of drug-likeness (QED) is 0.817. The molecular weight excluding hydrogens is 228 g/mol. The molecule has 0 spiro atoms. The van der Waals surface area contributed by atoms with Crippen LogP contribution in [0.2, 0.25) is 0 Å². The fraction of sp³-hybridized carbons (Fsp3) is 0.400. The molecule has 1 aromatic heterocycles. The smallest absolute Gasteiger partial charge is 0.321 e. The van der Waals surface area contributed by atoms with E-state index in [4.69, 9.17) is 9.84 Å². The van der Waals surface area contributed by atoms with E-state index in [1.807, 2.05) is 12.1 Å². The van der Waals surface area contributed by atoms with Gasteiger partial charge in [0.05, 0.1) is 18.2 Å². The van der Waals surface area contributed by atoms with Gasteiger partial charge in [0.1, 0.15) is 6.04 Å². The van der Waals surface area contributed by atoms with Gasteiger partial charge in [-0.1, -0.05) is 6.07 Å². The predicted molar refractivity (Wildman–Crippen MR) is 60.5 cm³/mol. The molecule has 0 aromatic carbocycles. The number of aromatic nitrogens is 1. The molecule has 0 aliphatic carbocycles. The number of hydrogen-bond acceptors (Lipinski definition) is 5. The standard InChI is InChI=1S/C10H12N2O3S/c1-15-8-4-2-3-6(11-8)9-12-7(5-16-9)10(13)14/h2-4,7,9,12H,5H2,1H3,(H,13,14)/t7-,9?/m0/s1. The number of thioether (sulfide) groups is 1. The van der Waals surface area contributed by atoms with Crippen LogP contribution >= 0.6 is 11.8 Å². The van der Waals surface area contributed by atoms with E-state index in [-0.39, 0.29) is 5.37 Å². The summed E-state index contributed by atoms with van der Waals surface area (Å²) in [6.07, 6.45) is 0. The first-order valence-corrected chi connectivity index (χ1v) is 5.87. The van der Waals surface area contributed by atoms with Gasteiger partial charge in [-0.15, -0.1) is 11.8 Å². The minimum atomic E-state index is -0.821. The van der Waals surface area contributed by atoms with Crippen LogP contribution in [-0.4, -0.2) is 35.0 Å². The summed E-state index contributed by atoms with van der Waals surface area (Å²) in [5.41, 5.74) is 0.799. The zero-order valence-corrected chi connectivity index (χ0v) is 9.53. The monoisotopic (exact) mass is 240 g/mol. The van der Waals surface area contributed by atoms with E-state index in [0.717, 1.165) is 5.69 Å². The molecule has 1 unspecified atom stereocenters. The number of nitrogens with zero attached hydrogens (tertiary/aromatic N) is 1. The molecule has 0 saturated carbocycles. The molecule has 1 aromatic rings. The second-order valence-electron chi connectivity index (χ2n) is 3.38. The zero-order chi connectivity index (χ0) is 11.5. The molecular formula is C10H12N2O3S. The molecule has 1 saturated heterocycles. The van der Waals surface area contributed by atoms with Gasteiger partial charge in [0.25, 0.3) is 0 Å². The minimum Gasteiger partial charge on any atom is -0.481 e. The van der Waals surface area contributed by atoms with Crippen LogP contribution in [0.5, 0.6) is 5.88 Å². The lowest BCUT2D eigenvalue weighted by Gasteiger charge is -2.10. The molecule has 2 heterocycles. The first-order valence-electron chi connectivity index (χ1n) is 4.82. The molecule has 5 nitrogen and oxygen atoms in total. The van der Waals surface area contributed by atoms with Crippen LogP contribution in [0.3, 0.4) is 0 Å². The molecule has 86 valence electrons. The van der Waals surface area contributed by atoms with Gasteiger partial charge in [0.15, 0.2) is 0 Å². The SMILES string of the molecule is COc1cccc(C2N[C@H](C(=O)O)CS2)n1. The van der Waals surface area contributed by atoms with Crippen molar-refractivity contribution in [1.29, 1.82) is 0 Å². The third kappa shape index (κ3) is 2.28. The van der Waals surface area contributed by atoms with Crippen LogP contribution in [0.1, 0.15) is 11.1 Å². The zero-order valence-electron chi connectivity index (χ0n) is 8.71. The molecule has 0 amide bonds. The Labute approximate surface area is 97.2 Å². The third-order valence-corrected chi connectivity index (χ3v) is 3.54. The van der Waals surface area contributed by atoms with Crippen molar-refractivity contribution in [3.05, 3.63) is 23.9 Å². The maximum absolute atomic E-state index is 10.8. The highest BCUT2D eigenvalue weighted by Gasteiger charge is 2.31. The average molecular weight is 240 g/mol. The molecule has 2 atom stereocenters. The van der Waals surface area contributed by atoms with E-state index in [1.54, 1.807) is 24.9 Å². The Kier molecular flexibility index (Phi) is 3.31. The normalized spacial score (nSPS) is 24.3. The van der Waals surface area contributed by atoms with E-state index in [2.05, 4.69) is 10.3 Å². The summed E-state index contributed by atoms with van der Waals surface area (Å²) in [7, 11) is 1.56. The van der Waals surface area contributed by atoms with Crippen molar-refractivity contribution in [2.75, 3.05) is 12.9 Å². The minimum absolute atomic E-state index is 0.0730. The second-order valence-corrected chi connectivity index (χ2v) is 4.51. The molecule has 1 fully saturated rings. The van der Waals surface area contributed by atoms with Gasteiger partial charge in [-0.25, -0.2) is 4.98 Å². The molecule has 2 rings (SSSR count). The van der Waals surface area contributed by atoms with Gasteiger partial charge in [-0.05, 0) is 6.07 Å². The fourth-order valence-electron chi connectivity index (χ4n) is 1.48. The number of carboxylic acids is 1. The molecule has 1 aliphatic rings. The van der Waals surface area contributed by atoms with E-state index in [0.29, 0.717) is 11.6 Å². The van der Waals surface area contributed by atoms with Crippen molar-refractivity contribution in [2.24, 2.45) is 0 Å². The summed E-state index contributed by atoms with van der Waals surface area (Å²) in [5.74, 6) is 0.274. The Morgan fingerprint density at radius 1 is 1.69 bits per heavy atom. The maximum Gasteiger partial charge on any atom is 0.321 e. The summed E-state index contributed by atoms with van der Waals surface area (Å²) >= 11 is 1.54. The lowest BCUT2D eigenvalue weighted by Crippen LogP contribution is -2.33. The number of carboxylic acid groups (broad SMARTS) is 1. The van der Waals surface area contributed by atoms with E-state index in [1.165, 1.54) is 0 Å². The molecule has 16 heavy (non-hydrogen) atoms. The summed E-state index contributed by atoms with van der Waals surface area (Å²) < 4.78 is 5.02. The highest BCUT2D eigenvalue weighted by atomic mass is 32.2. The van der Waals surface area contributed by atoms with Crippen LogP contribution in [-0.2, 0) is 4.79 Å². The lowest BCUT2D eigenvalue weighted by atomic mass is 10.3. The van der Waals surface area contributed by atoms with Gasteiger partial charge >= 0.3 is 5.97 Å². The van der Waals surface area contributed by atoms with Crippen LogP contribution in [0, 0.1) is 0 Å². The summed E-state index contributed by atoms with van der Waals surface area (Å²) in [5, 5.41) is 11.8. The van der Waals surface area contributed by atoms with E-state index in [9.17, 15) is 4.79 Å². The number of carbonyl (C=O) groups is 1. The number of pyridine rings is 1. The first-order chi connectivity index (χ1) is 7.70. The van der Waals surface area contributed by atoms with Crippen LogP contribution in [0.25, 0.3) is 0 Å². The van der Waals surface area contributed by atoms with Gasteiger partial charge in [-0.3, -0.25) is 10.1 Å². The topological polar surface area (TPSA) is 71.5 Å². The Balaban J connectivity index is 2.11. The molecule has 0 radical (unpaired) electrons. The maximum atomic E-state index is 10.8. The number of aliphatic carboxylic acids is 1. The Hall–Kier alpha value is -1.27. The van der Waals surface area contributed by atoms with Gasteiger partial charge in [0.2, 0.25) is 5.88 Å². The third-order valence-electron chi connectivity index (χ3n) is 2.30. The number of ether oxygens (including phenoxy) is 1. The van der Waals surface area contributed by atoms with Crippen molar-refractivity contribution < 1.29 is 14.6 Å². The molecule has 2 N–H and O–H groups in total. The summed E-state index contributed by atoms with van der Waals surface area (Å²) in [6, 6.07) is 4.97. The Bertz CT molecular complexity index is 399.